The molecule has 0 radical (unpaired) electrons. The minimum Gasteiger partial charge on any atom is -0.350 e. The van der Waals surface area contributed by atoms with Gasteiger partial charge in [-0.3, -0.25) is 0 Å². The zero-order chi connectivity index (χ0) is 21.0. The number of anilines is 1. The van der Waals surface area contributed by atoms with Gasteiger partial charge in [-0.25, -0.2) is 4.68 Å². The maximum atomic E-state index is 5.91. The first kappa shape index (κ1) is 19.3. The first-order valence-corrected chi connectivity index (χ1v) is 11.6. The minimum atomic E-state index is -0.231. The molecular formula is C25H30N4O2. The molecule has 1 aromatic carbocycles. The molecule has 6 heteroatoms. The average molecular weight is 419 g/mol. The quantitative estimate of drug-likeness (QED) is 0.710. The number of aryl methyl sites for hydroxylation is 2. The molecule has 4 aliphatic rings. The van der Waals surface area contributed by atoms with Gasteiger partial charge in [-0.1, -0.05) is 23.1 Å². The Morgan fingerprint density at radius 2 is 2.00 bits per heavy atom. The van der Waals surface area contributed by atoms with Crippen molar-refractivity contribution in [3.05, 3.63) is 40.6 Å². The summed E-state index contributed by atoms with van der Waals surface area (Å²) in [5.74, 6) is 8.45. The Morgan fingerprint density at radius 3 is 2.74 bits per heavy atom. The standard InChI is InChI=1S/C25H30N4O2/c1-17-11-19(6-5-18-3-4-18)24-20(12-17)7-8-21(24)28(2)22-13-29(27-26-22)14-23-30-15-25(9-10-25)16-31-23/h11-13,18,21,23H,3-4,7-10,14-16H2,1-2H3. The molecule has 2 aromatic rings. The summed E-state index contributed by atoms with van der Waals surface area (Å²) in [5.41, 5.74) is 5.63. The van der Waals surface area contributed by atoms with E-state index in [4.69, 9.17) is 9.47 Å². The Bertz CT molecular complexity index is 1050. The van der Waals surface area contributed by atoms with Gasteiger partial charge in [0, 0.05) is 23.9 Å². The summed E-state index contributed by atoms with van der Waals surface area (Å²) in [6.45, 7) is 4.37. The van der Waals surface area contributed by atoms with Gasteiger partial charge in [0.2, 0.25) is 0 Å². The van der Waals surface area contributed by atoms with E-state index in [1.807, 2.05) is 10.9 Å². The highest BCUT2D eigenvalue weighted by Crippen LogP contribution is 2.48. The molecule has 162 valence electrons. The van der Waals surface area contributed by atoms with Gasteiger partial charge in [-0.2, -0.15) is 0 Å². The summed E-state index contributed by atoms with van der Waals surface area (Å²) in [6, 6.07) is 4.86. The lowest BCUT2D eigenvalue weighted by Crippen LogP contribution is -2.36. The van der Waals surface area contributed by atoms with Crippen LogP contribution in [0.15, 0.2) is 18.3 Å². The van der Waals surface area contributed by atoms with Gasteiger partial charge in [-0.05, 0) is 68.2 Å². The molecule has 0 N–H and O–H groups in total. The molecule has 6 rings (SSSR count). The van der Waals surface area contributed by atoms with E-state index in [9.17, 15) is 0 Å². The molecular weight excluding hydrogens is 388 g/mol. The van der Waals surface area contributed by atoms with E-state index < -0.39 is 0 Å². The molecule has 1 saturated heterocycles. The molecule has 1 atom stereocenters. The van der Waals surface area contributed by atoms with E-state index >= 15 is 0 Å². The number of benzene rings is 1. The first-order chi connectivity index (χ1) is 15.1. The number of hydrogen-bond donors (Lipinski definition) is 0. The fraction of sp³-hybridized carbons (Fsp3) is 0.600. The van der Waals surface area contributed by atoms with Crippen LogP contribution in [-0.2, 0) is 22.4 Å². The summed E-state index contributed by atoms with van der Waals surface area (Å²) in [4.78, 5) is 2.26. The summed E-state index contributed by atoms with van der Waals surface area (Å²) < 4.78 is 13.7. The van der Waals surface area contributed by atoms with Crippen LogP contribution in [0, 0.1) is 30.1 Å². The SMILES string of the molecule is Cc1cc(C#CC2CC2)c2c(c1)CCC2N(C)c1cn(CC2OCC3(CC3)CO2)nn1. The predicted octanol–water partition coefficient (Wildman–Crippen LogP) is 3.62. The molecule has 0 amide bonds. The number of fused-ring (bicyclic) bond motifs is 1. The van der Waals surface area contributed by atoms with Crippen LogP contribution in [0.3, 0.4) is 0 Å². The lowest BCUT2D eigenvalue weighted by Gasteiger charge is -2.29. The van der Waals surface area contributed by atoms with E-state index in [0.717, 1.165) is 31.9 Å². The van der Waals surface area contributed by atoms with Crippen molar-refractivity contribution >= 4 is 5.82 Å². The predicted molar refractivity (Wildman–Crippen MR) is 118 cm³/mol. The Kier molecular flexibility index (Phi) is 4.59. The van der Waals surface area contributed by atoms with Crippen LogP contribution in [0.1, 0.15) is 60.4 Å². The highest BCUT2D eigenvalue weighted by molar-refractivity contribution is 5.55. The normalized spacial score (nSPS) is 24.0. The third-order valence-electron chi connectivity index (χ3n) is 7.22. The molecule has 3 aliphatic carbocycles. The summed E-state index contributed by atoms with van der Waals surface area (Å²) in [5, 5.41) is 8.82. The van der Waals surface area contributed by atoms with Crippen LogP contribution in [0.25, 0.3) is 0 Å². The molecule has 6 nitrogen and oxygen atoms in total. The van der Waals surface area contributed by atoms with Crippen LogP contribution in [0.5, 0.6) is 0 Å². The van der Waals surface area contributed by atoms with Crippen LogP contribution in [-0.4, -0.2) is 41.5 Å². The van der Waals surface area contributed by atoms with E-state index in [1.54, 1.807) is 0 Å². The third kappa shape index (κ3) is 3.86. The zero-order valence-electron chi connectivity index (χ0n) is 18.4. The van der Waals surface area contributed by atoms with E-state index in [0.29, 0.717) is 17.9 Å². The van der Waals surface area contributed by atoms with Gasteiger partial charge < -0.3 is 14.4 Å². The van der Waals surface area contributed by atoms with Crippen molar-refractivity contribution in [2.24, 2.45) is 11.3 Å². The molecule has 1 aromatic heterocycles. The smallest absolute Gasteiger partial charge is 0.177 e. The lowest BCUT2D eigenvalue weighted by molar-refractivity contribution is -0.213. The van der Waals surface area contributed by atoms with Crippen molar-refractivity contribution in [3.63, 3.8) is 0 Å². The van der Waals surface area contributed by atoms with Gasteiger partial charge in [0.05, 0.1) is 32.0 Å². The molecule has 1 aliphatic heterocycles. The lowest BCUT2D eigenvalue weighted by atomic mass is 9.97. The molecule has 31 heavy (non-hydrogen) atoms. The molecule has 1 unspecified atom stereocenters. The topological polar surface area (TPSA) is 52.4 Å². The number of hydrogen-bond acceptors (Lipinski definition) is 5. The molecule has 0 bridgehead atoms. The van der Waals surface area contributed by atoms with Crippen molar-refractivity contribution in [2.45, 2.75) is 64.3 Å². The molecule has 2 heterocycles. The van der Waals surface area contributed by atoms with Crippen LogP contribution >= 0.6 is 0 Å². The Balaban J connectivity index is 1.19. The summed E-state index contributed by atoms with van der Waals surface area (Å²) in [7, 11) is 2.12. The van der Waals surface area contributed by atoms with Gasteiger partial charge in [0.25, 0.3) is 0 Å². The second-order valence-electron chi connectivity index (χ2n) is 9.94. The van der Waals surface area contributed by atoms with E-state index in [1.165, 1.54) is 47.9 Å². The van der Waals surface area contributed by atoms with Gasteiger partial charge in [0.15, 0.2) is 12.1 Å². The van der Waals surface area contributed by atoms with Crippen LogP contribution in [0.2, 0.25) is 0 Å². The maximum Gasteiger partial charge on any atom is 0.177 e. The monoisotopic (exact) mass is 418 g/mol. The Morgan fingerprint density at radius 1 is 1.19 bits per heavy atom. The zero-order valence-corrected chi connectivity index (χ0v) is 18.4. The Hall–Kier alpha value is -2.36. The number of aromatic nitrogens is 3. The van der Waals surface area contributed by atoms with Crippen molar-refractivity contribution in [1.29, 1.82) is 0 Å². The van der Waals surface area contributed by atoms with Gasteiger partial charge in [-0.15, -0.1) is 5.10 Å². The fourth-order valence-electron chi connectivity index (χ4n) is 4.86. The highest BCUT2D eigenvalue weighted by Gasteiger charge is 2.47. The number of rotatable bonds is 4. The van der Waals surface area contributed by atoms with E-state index in [2.05, 4.69) is 53.2 Å². The number of ether oxygens (including phenoxy) is 2. The summed E-state index contributed by atoms with van der Waals surface area (Å²) in [6.07, 6.45) is 8.91. The van der Waals surface area contributed by atoms with E-state index in [-0.39, 0.29) is 12.3 Å². The second-order valence-corrected chi connectivity index (χ2v) is 9.94. The van der Waals surface area contributed by atoms with Crippen LogP contribution in [0.4, 0.5) is 5.82 Å². The summed E-state index contributed by atoms with van der Waals surface area (Å²) >= 11 is 0. The second kappa shape index (κ2) is 7.36. The van der Waals surface area contributed by atoms with Gasteiger partial charge in [0.1, 0.15) is 0 Å². The number of nitrogens with zero attached hydrogens (tertiary/aromatic N) is 4. The molecule has 1 spiro atoms. The van der Waals surface area contributed by atoms with Gasteiger partial charge >= 0.3 is 0 Å². The average Bonchev–Trinajstić information content (AvgIpc) is 3.65. The highest BCUT2D eigenvalue weighted by atomic mass is 16.7. The van der Waals surface area contributed by atoms with Crippen molar-refractivity contribution < 1.29 is 9.47 Å². The fourth-order valence-corrected chi connectivity index (χ4v) is 4.86. The molecule has 2 saturated carbocycles. The van der Waals surface area contributed by atoms with Crippen molar-refractivity contribution in [3.8, 4) is 11.8 Å². The molecule has 3 fully saturated rings. The Labute approximate surface area is 183 Å². The largest absolute Gasteiger partial charge is 0.350 e. The van der Waals surface area contributed by atoms with Crippen molar-refractivity contribution in [2.75, 3.05) is 25.2 Å². The van der Waals surface area contributed by atoms with Crippen LogP contribution < -0.4 is 4.90 Å². The third-order valence-corrected chi connectivity index (χ3v) is 7.22. The maximum absolute atomic E-state index is 5.91. The first-order valence-electron chi connectivity index (χ1n) is 11.6. The van der Waals surface area contributed by atoms with Crippen molar-refractivity contribution in [1.82, 2.24) is 15.0 Å². The minimum absolute atomic E-state index is 0.231.